The number of rotatable bonds is 1. The first-order valence-corrected chi connectivity index (χ1v) is 1.68. The molecule has 0 N–H and O–H groups in total. The molecule has 0 saturated carbocycles. The van der Waals surface area contributed by atoms with E-state index in [0.29, 0.717) is 5.75 Å². The van der Waals surface area contributed by atoms with Gasteiger partial charge in [0.15, 0.2) is 0 Å². The second kappa shape index (κ2) is 3.09. The SMILES string of the molecule is C=CC[S-]. The molecule has 24 valence electrons. The van der Waals surface area contributed by atoms with E-state index in [-0.39, 0.29) is 0 Å². The van der Waals surface area contributed by atoms with Gasteiger partial charge in [0.1, 0.15) is 0 Å². The smallest absolute Gasteiger partial charge is 0.105 e. The minimum Gasteiger partial charge on any atom is -0.789 e. The average Bonchev–Trinajstić information content (AvgIpc) is 1.37. The van der Waals surface area contributed by atoms with Crippen LogP contribution in [0.4, 0.5) is 0 Å². The van der Waals surface area contributed by atoms with Crippen molar-refractivity contribution in [3.63, 3.8) is 0 Å². The fraction of sp³-hybridized carbons (Fsp3) is 0.333. The van der Waals surface area contributed by atoms with Crippen LogP contribution in [-0.4, -0.2) is 5.75 Å². The van der Waals surface area contributed by atoms with Gasteiger partial charge in [-0.1, -0.05) is 0 Å². The molecule has 0 amide bonds. The largest absolute Gasteiger partial charge is 0.789 e. The van der Waals surface area contributed by atoms with Crippen molar-refractivity contribution in [2.75, 3.05) is 5.75 Å². The molecular formula is C3H5S-. The van der Waals surface area contributed by atoms with Crippen LogP contribution in [0.15, 0.2) is 12.7 Å². The highest BCUT2D eigenvalue weighted by atomic mass is 32.1. The molecule has 0 fully saturated rings. The summed E-state index contributed by atoms with van der Waals surface area (Å²) in [5.74, 6) is 0.667. The van der Waals surface area contributed by atoms with E-state index >= 15 is 0 Å². The van der Waals surface area contributed by atoms with Crippen molar-refractivity contribution in [1.82, 2.24) is 0 Å². The van der Waals surface area contributed by atoms with E-state index in [0.717, 1.165) is 0 Å². The predicted octanol–water partition coefficient (Wildman–Crippen LogP) is 0.719. The molecule has 0 rings (SSSR count). The van der Waals surface area contributed by atoms with E-state index in [2.05, 4.69) is 19.2 Å². The highest BCUT2D eigenvalue weighted by molar-refractivity contribution is 7.58. The molecule has 0 atom stereocenters. The summed E-state index contributed by atoms with van der Waals surface area (Å²) in [7, 11) is 0. The van der Waals surface area contributed by atoms with Gasteiger partial charge in [0.25, 0.3) is 0 Å². The summed E-state index contributed by atoms with van der Waals surface area (Å²) in [4.78, 5) is 0. The monoisotopic (exact) mass is 73.0 g/mol. The summed E-state index contributed by atoms with van der Waals surface area (Å²) in [5.41, 5.74) is 0. The first-order valence-electron chi connectivity index (χ1n) is 1.11. The second-order valence-corrected chi connectivity index (χ2v) is 0.789. The van der Waals surface area contributed by atoms with Crippen molar-refractivity contribution in [2.24, 2.45) is 0 Å². The quantitative estimate of drug-likeness (QED) is 0.325. The molecule has 0 heterocycles. The Labute approximate surface area is 31.9 Å². The molecule has 1 heteroatoms. The van der Waals surface area contributed by atoms with E-state index in [1.807, 2.05) is 0 Å². The van der Waals surface area contributed by atoms with Crippen molar-refractivity contribution in [3.05, 3.63) is 12.7 Å². The van der Waals surface area contributed by atoms with Crippen LogP contribution in [-0.2, 0) is 12.6 Å². The van der Waals surface area contributed by atoms with E-state index in [4.69, 9.17) is 0 Å². The Balaban J connectivity index is 2.30. The van der Waals surface area contributed by atoms with Crippen LogP contribution < -0.4 is 0 Å². The molecule has 0 saturated heterocycles. The Morgan fingerprint density at radius 2 is 2.25 bits per heavy atom. The normalized spacial score (nSPS) is 6.25. The van der Waals surface area contributed by atoms with Crippen molar-refractivity contribution >= 4 is 12.6 Å². The molecule has 0 aliphatic rings. The van der Waals surface area contributed by atoms with Gasteiger partial charge in [-0.15, -0.1) is 12.7 Å². The lowest BCUT2D eigenvalue weighted by Crippen LogP contribution is -1.55. The van der Waals surface area contributed by atoms with Crippen molar-refractivity contribution < 1.29 is 0 Å². The summed E-state index contributed by atoms with van der Waals surface area (Å²) in [6, 6.07) is 0. The van der Waals surface area contributed by atoms with Gasteiger partial charge in [-0.25, -0.2) is 0 Å². The van der Waals surface area contributed by atoms with Crippen LogP contribution >= 0.6 is 0 Å². The van der Waals surface area contributed by atoms with E-state index < -0.39 is 0 Å². The molecule has 0 unspecified atom stereocenters. The van der Waals surface area contributed by atoms with Gasteiger partial charge in [-0.2, -0.15) is 5.75 Å². The maximum atomic E-state index is 4.44. The highest BCUT2D eigenvalue weighted by Crippen LogP contribution is 1.50. The second-order valence-electron chi connectivity index (χ2n) is 0.455. The lowest BCUT2D eigenvalue weighted by atomic mass is 10.8. The molecule has 0 radical (unpaired) electrons. The Hall–Kier alpha value is 0.0900. The molecule has 0 spiro atoms. The summed E-state index contributed by atoms with van der Waals surface area (Å²) in [5, 5.41) is 0. The topological polar surface area (TPSA) is 0 Å². The minimum atomic E-state index is 0.667. The zero-order chi connectivity index (χ0) is 3.41. The van der Waals surface area contributed by atoms with Crippen LogP contribution in [0.25, 0.3) is 0 Å². The van der Waals surface area contributed by atoms with Crippen molar-refractivity contribution in [1.29, 1.82) is 0 Å². The van der Waals surface area contributed by atoms with Crippen LogP contribution in [0.1, 0.15) is 0 Å². The van der Waals surface area contributed by atoms with Gasteiger partial charge in [-0.3, -0.25) is 0 Å². The molecule has 0 bridgehead atoms. The highest BCUT2D eigenvalue weighted by Gasteiger charge is 1.29. The van der Waals surface area contributed by atoms with Gasteiger partial charge >= 0.3 is 0 Å². The van der Waals surface area contributed by atoms with E-state index in [1.165, 1.54) is 0 Å². The Morgan fingerprint density at radius 3 is 2.25 bits per heavy atom. The molecule has 0 aliphatic carbocycles. The minimum absolute atomic E-state index is 0.667. The standard InChI is InChI=1S/C3H6S/c1-2-3-4/h2,4H,1,3H2/p-1. The van der Waals surface area contributed by atoms with Gasteiger partial charge in [-0.05, 0) is 0 Å². The number of hydrogen-bond acceptors (Lipinski definition) is 1. The van der Waals surface area contributed by atoms with Crippen LogP contribution in [0.5, 0.6) is 0 Å². The molecule has 0 aliphatic heterocycles. The third-order valence-corrected chi connectivity index (χ3v) is 0.354. The maximum Gasteiger partial charge on any atom is -0.105 e. The number of hydrogen-bond donors (Lipinski definition) is 0. The molecule has 0 nitrogen and oxygen atoms in total. The summed E-state index contributed by atoms with van der Waals surface area (Å²) < 4.78 is 0. The zero-order valence-corrected chi connectivity index (χ0v) is 3.22. The Bertz CT molecular complexity index is 17.2. The first kappa shape index (κ1) is 4.09. The Kier molecular flexibility index (Phi) is 3.16. The molecular weight excluding hydrogens is 68.1 g/mol. The first-order chi connectivity index (χ1) is 1.91. The maximum absolute atomic E-state index is 4.44. The van der Waals surface area contributed by atoms with E-state index in [9.17, 15) is 0 Å². The predicted molar refractivity (Wildman–Crippen MR) is 22.4 cm³/mol. The van der Waals surface area contributed by atoms with Gasteiger partial charge < -0.3 is 12.6 Å². The summed E-state index contributed by atoms with van der Waals surface area (Å²) >= 11 is 4.44. The molecule has 0 aromatic rings. The third-order valence-electron chi connectivity index (χ3n) is 0.118. The van der Waals surface area contributed by atoms with E-state index in [1.54, 1.807) is 6.08 Å². The Morgan fingerprint density at radius 1 is 2.00 bits per heavy atom. The third kappa shape index (κ3) is 2.09. The molecule has 4 heavy (non-hydrogen) atoms. The summed E-state index contributed by atoms with van der Waals surface area (Å²) in [6.07, 6.45) is 1.69. The zero-order valence-electron chi connectivity index (χ0n) is 2.40. The average molecular weight is 73.1 g/mol. The van der Waals surface area contributed by atoms with Gasteiger partial charge in [0, 0.05) is 0 Å². The fourth-order valence-corrected chi connectivity index (χ4v) is 0. The van der Waals surface area contributed by atoms with Gasteiger partial charge in [0.05, 0.1) is 0 Å². The lowest BCUT2D eigenvalue weighted by Gasteiger charge is -1.83. The van der Waals surface area contributed by atoms with Crippen LogP contribution in [0, 0.1) is 0 Å². The fourth-order valence-electron chi connectivity index (χ4n) is 0. The van der Waals surface area contributed by atoms with Crippen LogP contribution in [0.2, 0.25) is 0 Å². The molecule has 0 aromatic heterocycles. The lowest BCUT2D eigenvalue weighted by molar-refractivity contribution is 1.84. The summed E-state index contributed by atoms with van der Waals surface area (Å²) in [6.45, 7) is 3.38. The van der Waals surface area contributed by atoms with Gasteiger partial charge in [0.2, 0.25) is 0 Å². The van der Waals surface area contributed by atoms with Crippen molar-refractivity contribution in [3.8, 4) is 0 Å². The van der Waals surface area contributed by atoms with Crippen LogP contribution in [0.3, 0.4) is 0 Å². The van der Waals surface area contributed by atoms with Crippen molar-refractivity contribution in [2.45, 2.75) is 0 Å². The molecule has 0 aromatic carbocycles.